The van der Waals surface area contributed by atoms with Crippen LogP contribution in [0.4, 0.5) is 13.2 Å². The van der Waals surface area contributed by atoms with Crippen LogP contribution < -0.4 is 5.32 Å². The summed E-state index contributed by atoms with van der Waals surface area (Å²) in [5, 5.41) is 22.4. The minimum atomic E-state index is -5.02. The molecule has 3 aliphatic heterocycles. The Morgan fingerprint density at radius 1 is 0.918 bits per heavy atom. The second kappa shape index (κ2) is 15.0. The molecule has 3 saturated heterocycles. The largest absolute Gasteiger partial charge is 0.471 e. The van der Waals surface area contributed by atoms with Crippen molar-refractivity contribution < 1.29 is 42.4 Å². The minimum absolute atomic E-state index is 0.00642. The Balaban J connectivity index is 1.18. The highest BCUT2D eigenvalue weighted by molar-refractivity contribution is 5.90. The molecule has 3 N–H and O–H groups in total. The van der Waals surface area contributed by atoms with Crippen LogP contribution in [0.1, 0.15) is 60.8 Å². The van der Waals surface area contributed by atoms with E-state index in [9.17, 15) is 33.0 Å². The van der Waals surface area contributed by atoms with Crippen LogP contribution in [-0.4, -0.2) is 82.4 Å². The molecule has 3 aromatic carbocycles. The Morgan fingerprint density at radius 3 is 2.35 bits per heavy atom. The highest BCUT2D eigenvalue weighted by Crippen LogP contribution is 2.42. The SMILES string of the molecule is C[C@@H]1[C@H](CN2CC[C@H](O)C2)O[C@H](c2cccc(-c3cccc(CNC(=O)[C@@H]4CCCN4C(=O)C(F)(F)F)c3)c2)O[C@@H]1c1ccc(CO)cc1. The normalized spacial score (nSPS) is 26.2. The summed E-state index contributed by atoms with van der Waals surface area (Å²) in [6.07, 6.45) is -5.25. The summed E-state index contributed by atoms with van der Waals surface area (Å²) in [6, 6.07) is 21.9. The zero-order chi connectivity index (χ0) is 34.7. The van der Waals surface area contributed by atoms with E-state index in [1.54, 1.807) is 0 Å². The van der Waals surface area contributed by atoms with Crippen LogP contribution in [0.15, 0.2) is 72.8 Å². The Bertz CT molecular complexity index is 1620. The summed E-state index contributed by atoms with van der Waals surface area (Å²) in [4.78, 5) is 27.5. The zero-order valence-electron chi connectivity index (χ0n) is 27.3. The van der Waals surface area contributed by atoms with Gasteiger partial charge >= 0.3 is 12.1 Å². The number of rotatable bonds is 9. The predicted molar refractivity (Wildman–Crippen MR) is 175 cm³/mol. The number of aliphatic hydroxyl groups is 2. The number of benzene rings is 3. The number of nitrogens with one attached hydrogen (secondary N) is 1. The lowest BCUT2D eigenvalue weighted by Crippen LogP contribution is -2.50. The number of carbonyl (C=O) groups excluding carboxylic acids is 2. The van der Waals surface area contributed by atoms with Gasteiger partial charge in [-0.15, -0.1) is 0 Å². The molecule has 3 aliphatic rings. The molecule has 3 fully saturated rings. The summed E-state index contributed by atoms with van der Waals surface area (Å²) in [7, 11) is 0. The smallest absolute Gasteiger partial charge is 0.392 e. The molecule has 0 aromatic heterocycles. The lowest BCUT2D eigenvalue weighted by molar-refractivity contribution is -0.276. The van der Waals surface area contributed by atoms with E-state index in [2.05, 4.69) is 17.1 Å². The minimum Gasteiger partial charge on any atom is -0.392 e. The van der Waals surface area contributed by atoms with Crippen LogP contribution in [-0.2, 0) is 32.2 Å². The van der Waals surface area contributed by atoms with Gasteiger partial charge in [0.05, 0.1) is 24.9 Å². The molecule has 6 atom stereocenters. The van der Waals surface area contributed by atoms with Gasteiger partial charge in [-0.1, -0.05) is 67.6 Å². The fourth-order valence-corrected chi connectivity index (χ4v) is 7.04. The molecule has 0 spiro atoms. The monoisotopic (exact) mass is 681 g/mol. The van der Waals surface area contributed by atoms with Gasteiger partial charge in [0, 0.05) is 44.2 Å². The first-order valence-corrected chi connectivity index (χ1v) is 16.8. The molecular weight excluding hydrogens is 639 g/mol. The van der Waals surface area contributed by atoms with Crippen LogP contribution in [0, 0.1) is 5.92 Å². The third-order valence-electron chi connectivity index (χ3n) is 9.75. The van der Waals surface area contributed by atoms with Crippen molar-refractivity contribution in [1.82, 2.24) is 15.1 Å². The van der Waals surface area contributed by atoms with Crippen molar-refractivity contribution in [2.24, 2.45) is 5.92 Å². The molecule has 2 amide bonds. The van der Waals surface area contributed by atoms with Gasteiger partial charge in [0.25, 0.3) is 0 Å². The van der Waals surface area contributed by atoms with Crippen LogP contribution in [0.25, 0.3) is 11.1 Å². The number of likely N-dealkylation sites (tertiary alicyclic amines) is 2. The number of carbonyl (C=O) groups is 2. The van der Waals surface area contributed by atoms with Crippen molar-refractivity contribution in [1.29, 1.82) is 0 Å². The first kappa shape index (κ1) is 35.0. The number of halogens is 3. The first-order chi connectivity index (χ1) is 23.5. The lowest BCUT2D eigenvalue weighted by Gasteiger charge is -2.42. The Hall–Kier alpha value is -3.81. The molecule has 0 radical (unpaired) electrons. The first-order valence-electron chi connectivity index (χ1n) is 16.8. The number of alkyl halides is 3. The molecular formula is C37H42F3N3O6. The maximum atomic E-state index is 13.0. The molecule has 9 nitrogen and oxygen atoms in total. The molecule has 3 heterocycles. The summed E-state index contributed by atoms with van der Waals surface area (Å²) in [5.41, 5.74) is 5.12. The van der Waals surface area contributed by atoms with Crippen molar-refractivity contribution >= 4 is 11.8 Å². The maximum absolute atomic E-state index is 13.0. The van der Waals surface area contributed by atoms with Gasteiger partial charge in [-0.3, -0.25) is 14.5 Å². The molecule has 0 unspecified atom stereocenters. The fraction of sp³-hybridized carbons (Fsp3) is 0.459. The van der Waals surface area contributed by atoms with Crippen molar-refractivity contribution in [3.05, 3.63) is 95.1 Å². The van der Waals surface area contributed by atoms with Crippen molar-refractivity contribution in [2.75, 3.05) is 26.2 Å². The zero-order valence-corrected chi connectivity index (χ0v) is 27.3. The highest BCUT2D eigenvalue weighted by atomic mass is 19.4. The van der Waals surface area contributed by atoms with E-state index in [1.165, 1.54) is 0 Å². The molecule has 262 valence electrons. The standard InChI is InChI=1S/C37H42F3N3O6/c1-23-32(21-42-16-14-30(45)20-42)48-35(49-33(23)26-12-10-24(22-44)11-13-26)29-8-3-7-28(18-29)27-6-2-5-25(17-27)19-41-34(46)31-9-4-15-43(31)36(47)37(38,39)40/h2-3,5-8,10-13,17-18,23,30-33,35,44-45H,4,9,14-16,19-22H2,1H3,(H,41,46)/t23-,30+,31+,32+,33+,35+/m1/s1. The summed E-state index contributed by atoms with van der Waals surface area (Å²) >= 11 is 0. The maximum Gasteiger partial charge on any atom is 0.471 e. The number of aliphatic hydroxyl groups excluding tert-OH is 2. The highest BCUT2D eigenvalue weighted by Gasteiger charge is 2.47. The second-order valence-electron chi connectivity index (χ2n) is 13.2. The molecule has 6 rings (SSSR count). The Morgan fingerprint density at radius 2 is 1.65 bits per heavy atom. The third kappa shape index (κ3) is 8.16. The van der Waals surface area contributed by atoms with E-state index in [-0.39, 0.29) is 50.3 Å². The van der Waals surface area contributed by atoms with Gasteiger partial charge in [-0.05, 0) is 59.2 Å². The molecule has 49 heavy (non-hydrogen) atoms. The number of ether oxygens (including phenoxy) is 2. The average molecular weight is 682 g/mol. The third-order valence-corrected chi connectivity index (χ3v) is 9.75. The van der Waals surface area contributed by atoms with Gasteiger partial charge in [0.1, 0.15) is 6.04 Å². The second-order valence-corrected chi connectivity index (χ2v) is 13.2. The summed E-state index contributed by atoms with van der Waals surface area (Å²) < 4.78 is 52.4. The quantitative estimate of drug-likeness (QED) is 0.296. The van der Waals surface area contributed by atoms with E-state index in [4.69, 9.17) is 9.47 Å². The van der Waals surface area contributed by atoms with Crippen LogP contribution >= 0.6 is 0 Å². The Labute approximate surface area is 283 Å². The number of hydrogen-bond donors (Lipinski definition) is 3. The number of nitrogens with zero attached hydrogens (tertiary/aromatic N) is 2. The number of hydrogen-bond acceptors (Lipinski definition) is 7. The molecule has 12 heteroatoms. The average Bonchev–Trinajstić information content (AvgIpc) is 3.76. The van der Waals surface area contributed by atoms with Gasteiger partial charge in [-0.25, -0.2) is 0 Å². The number of amides is 2. The topological polar surface area (TPSA) is 112 Å². The molecule has 0 saturated carbocycles. The predicted octanol–water partition coefficient (Wildman–Crippen LogP) is 4.87. The molecule has 0 bridgehead atoms. The molecule has 0 aliphatic carbocycles. The van der Waals surface area contributed by atoms with Gasteiger partial charge in [-0.2, -0.15) is 13.2 Å². The van der Waals surface area contributed by atoms with Gasteiger partial charge in [0.15, 0.2) is 6.29 Å². The van der Waals surface area contributed by atoms with Crippen LogP contribution in [0.2, 0.25) is 0 Å². The van der Waals surface area contributed by atoms with E-state index in [0.717, 1.165) is 46.3 Å². The van der Waals surface area contributed by atoms with E-state index in [1.807, 2.05) is 72.8 Å². The van der Waals surface area contributed by atoms with E-state index in [0.29, 0.717) is 24.4 Å². The van der Waals surface area contributed by atoms with Gasteiger partial charge in [0.2, 0.25) is 5.91 Å². The van der Waals surface area contributed by atoms with E-state index >= 15 is 0 Å². The molecule has 3 aromatic rings. The van der Waals surface area contributed by atoms with Crippen molar-refractivity contribution in [3.63, 3.8) is 0 Å². The van der Waals surface area contributed by atoms with Crippen LogP contribution in [0.5, 0.6) is 0 Å². The number of β-amino-alcohol motifs (C(OH)–C–C–N with tert-alkyl or cyclic N) is 1. The van der Waals surface area contributed by atoms with Gasteiger partial charge < -0.3 is 29.9 Å². The summed E-state index contributed by atoms with van der Waals surface area (Å²) in [5.74, 6) is -2.59. The Kier molecular flexibility index (Phi) is 10.7. The van der Waals surface area contributed by atoms with Crippen molar-refractivity contribution in [2.45, 2.75) is 76.2 Å². The summed E-state index contributed by atoms with van der Waals surface area (Å²) in [6.45, 7) is 4.10. The fourth-order valence-electron chi connectivity index (χ4n) is 7.04. The van der Waals surface area contributed by atoms with E-state index < -0.39 is 30.3 Å². The lowest BCUT2D eigenvalue weighted by atomic mass is 9.90. The van der Waals surface area contributed by atoms with Crippen LogP contribution in [0.3, 0.4) is 0 Å². The van der Waals surface area contributed by atoms with Crippen molar-refractivity contribution in [3.8, 4) is 11.1 Å².